The van der Waals surface area contributed by atoms with Gasteiger partial charge in [0.15, 0.2) is 0 Å². The van der Waals surface area contributed by atoms with Crippen molar-refractivity contribution in [2.24, 2.45) is 0 Å². The number of aliphatic hydroxyl groups excluding tert-OH is 1. The molecule has 144 valence electrons. The summed E-state index contributed by atoms with van der Waals surface area (Å²) in [7, 11) is 0. The Labute approximate surface area is 158 Å². The second-order valence-corrected chi connectivity index (χ2v) is 6.72. The molecule has 1 fully saturated rings. The molecule has 1 aromatic heterocycles. The van der Waals surface area contributed by atoms with Gasteiger partial charge in [0.05, 0.1) is 18.0 Å². The molecule has 1 aromatic carbocycles. The molecule has 1 aliphatic heterocycles. The zero-order valence-electron chi connectivity index (χ0n) is 15.4. The van der Waals surface area contributed by atoms with Gasteiger partial charge in [-0.1, -0.05) is 13.0 Å². The van der Waals surface area contributed by atoms with Gasteiger partial charge in [0, 0.05) is 38.3 Å². The SMILES string of the molecule is CCC(O)CN1CCN(c2ccc(NC(=O)c3cccc(F)c3)cn2)CC1. The Hall–Kier alpha value is -2.51. The third-order valence-electron chi connectivity index (χ3n) is 4.73. The fraction of sp³-hybridized carbons (Fsp3) is 0.400. The average molecular weight is 372 g/mol. The largest absolute Gasteiger partial charge is 0.392 e. The molecule has 1 atom stereocenters. The normalized spacial score (nSPS) is 16.2. The lowest BCUT2D eigenvalue weighted by Crippen LogP contribution is -2.48. The second kappa shape index (κ2) is 8.92. The van der Waals surface area contributed by atoms with Gasteiger partial charge in [-0.2, -0.15) is 0 Å². The minimum Gasteiger partial charge on any atom is -0.392 e. The van der Waals surface area contributed by atoms with E-state index in [-0.39, 0.29) is 17.6 Å². The van der Waals surface area contributed by atoms with E-state index in [4.69, 9.17) is 0 Å². The Balaban J connectivity index is 1.54. The lowest BCUT2D eigenvalue weighted by molar-refractivity contribution is 0.102. The molecule has 1 amide bonds. The summed E-state index contributed by atoms with van der Waals surface area (Å²) in [6.45, 7) is 6.16. The number of β-amino-alcohol motifs (C(OH)–C–C–N with tert-alkyl or cyclic N) is 1. The molecule has 0 bridgehead atoms. The molecule has 1 aliphatic rings. The van der Waals surface area contributed by atoms with E-state index >= 15 is 0 Å². The molecular weight excluding hydrogens is 347 g/mol. The summed E-state index contributed by atoms with van der Waals surface area (Å²) < 4.78 is 13.2. The van der Waals surface area contributed by atoms with Crippen molar-refractivity contribution in [1.29, 1.82) is 0 Å². The summed E-state index contributed by atoms with van der Waals surface area (Å²) in [5, 5.41) is 12.5. The molecule has 1 unspecified atom stereocenters. The van der Waals surface area contributed by atoms with E-state index in [1.54, 1.807) is 18.3 Å². The number of piperazine rings is 1. The Bertz CT molecular complexity index is 761. The fourth-order valence-electron chi connectivity index (χ4n) is 3.07. The van der Waals surface area contributed by atoms with Crippen LogP contribution >= 0.6 is 0 Å². The van der Waals surface area contributed by atoms with Gasteiger partial charge in [0.2, 0.25) is 0 Å². The van der Waals surface area contributed by atoms with E-state index in [2.05, 4.69) is 20.1 Å². The minimum absolute atomic E-state index is 0.268. The topological polar surface area (TPSA) is 68.7 Å². The molecule has 6 nitrogen and oxygen atoms in total. The lowest BCUT2D eigenvalue weighted by atomic mass is 10.2. The molecule has 0 saturated carbocycles. The first kappa shape index (κ1) is 19.3. The maximum atomic E-state index is 13.2. The molecule has 27 heavy (non-hydrogen) atoms. The van der Waals surface area contributed by atoms with E-state index < -0.39 is 5.82 Å². The Kier molecular flexibility index (Phi) is 6.36. The van der Waals surface area contributed by atoms with E-state index in [1.165, 1.54) is 18.2 Å². The van der Waals surface area contributed by atoms with Crippen molar-refractivity contribution in [3.63, 3.8) is 0 Å². The third-order valence-corrected chi connectivity index (χ3v) is 4.73. The first-order chi connectivity index (χ1) is 13.0. The van der Waals surface area contributed by atoms with Crippen LogP contribution < -0.4 is 10.2 Å². The van der Waals surface area contributed by atoms with Gasteiger partial charge in [-0.25, -0.2) is 9.37 Å². The van der Waals surface area contributed by atoms with E-state index in [0.717, 1.165) is 38.4 Å². The number of hydrogen-bond donors (Lipinski definition) is 2. The Morgan fingerprint density at radius 1 is 1.26 bits per heavy atom. The van der Waals surface area contributed by atoms with Crippen molar-refractivity contribution in [2.45, 2.75) is 19.4 Å². The highest BCUT2D eigenvalue weighted by atomic mass is 19.1. The van der Waals surface area contributed by atoms with Crippen LogP contribution in [-0.4, -0.2) is 59.7 Å². The van der Waals surface area contributed by atoms with E-state index in [0.29, 0.717) is 12.2 Å². The monoisotopic (exact) mass is 372 g/mol. The second-order valence-electron chi connectivity index (χ2n) is 6.72. The first-order valence-electron chi connectivity index (χ1n) is 9.23. The van der Waals surface area contributed by atoms with E-state index in [9.17, 15) is 14.3 Å². The third kappa shape index (κ3) is 5.24. The summed E-state index contributed by atoms with van der Waals surface area (Å²) >= 11 is 0. The van der Waals surface area contributed by atoms with Gasteiger partial charge in [-0.15, -0.1) is 0 Å². The summed E-state index contributed by atoms with van der Waals surface area (Å²) in [5.41, 5.74) is 0.835. The number of halogens is 1. The molecule has 1 saturated heterocycles. The highest BCUT2D eigenvalue weighted by Crippen LogP contribution is 2.17. The molecule has 0 radical (unpaired) electrons. The molecule has 0 aliphatic carbocycles. The summed E-state index contributed by atoms with van der Waals surface area (Å²) in [6.07, 6.45) is 2.11. The van der Waals surface area contributed by atoms with Gasteiger partial charge >= 0.3 is 0 Å². The Morgan fingerprint density at radius 3 is 2.67 bits per heavy atom. The lowest BCUT2D eigenvalue weighted by Gasteiger charge is -2.36. The average Bonchev–Trinajstić information content (AvgIpc) is 2.69. The van der Waals surface area contributed by atoms with Crippen molar-refractivity contribution in [3.05, 3.63) is 54.0 Å². The zero-order chi connectivity index (χ0) is 19.2. The summed E-state index contributed by atoms with van der Waals surface area (Å²) in [4.78, 5) is 21.0. The van der Waals surface area contributed by atoms with Crippen molar-refractivity contribution in [1.82, 2.24) is 9.88 Å². The number of pyridine rings is 1. The molecule has 3 rings (SSSR count). The van der Waals surface area contributed by atoms with Crippen LogP contribution in [0.2, 0.25) is 0 Å². The number of amides is 1. The van der Waals surface area contributed by atoms with Gasteiger partial charge in [-0.05, 0) is 36.8 Å². The predicted molar refractivity (Wildman–Crippen MR) is 104 cm³/mol. The fourth-order valence-corrected chi connectivity index (χ4v) is 3.07. The van der Waals surface area contributed by atoms with Crippen LogP contribution in [0.15, 0.2) is 42.6 Å². The van der Waals surface area contributed by atoms with Crippen LogP contribution in [0.4, 0.5) is 15.9 Å². The van der Waals surface area contributed by atoms with Crippen LogP contribution in [0.25, 0.3) is 0 Å². The zero-order valence-corrected chi connectivity index (χ0v) is 15.4. The van der Waals surface area contributed by atoms with Gasteiger partial charge < -0.3 is 15.3 Å². The molecule has 2 N–H and O–H groups in total. The standard InChI is InChI=1S/C20H25FN4O2/c1-2-18(26)14-24-8-10-25(11-9-24)19-7-6-17(13-22-19)23-20(27)15-4-3-5-16(21)12-15/h3-7,12-13,18,26H,2,8-11,14H2,1H3,(H,23,27). The first-order valence-corrected chi connectivity index (χ1v) is 9.23. The van der Waals surface area contributed by atoms with Crippen molar-refractivity contribution in [3.8, 4) is 0 Å². The maximum Gasteiger partial charge on any atom is 0.255 e. The van der Waals surface area contributed by atoms with Crippen LogP contribution in [0.5, 0.6) is 0 Å². The molecular formula is C20H25FN4O2. The number of rotatable bonds is 6. The highest BCUT2D eigenvalue weighted by Gasteiger charge is 2.19. The number of nitrogens with one attached hydrogen (secondary N) is 1. The van der Waals surface area contributed by atoms with Gasteiger partial charge in [0.25, 0.3) is 5.91 Å². The maximum absolute atomic E-state index is 13.2. The Morgan fingerprint density at radius 2 is 2.04 bits per heavy atom. The van der Waals surface area contributed by atoms with E-state index in [1.807, 2.05) is 13.0 Å². The number of aromatic nitrogens is 1. The minimum atomic E-state index is -0.443. The highest BCUT2D eigenvalue weighted by molar-refractivity contribution is 6.04. The molecule has 2 aromatic rings. The molecule has 2 heterocycles. The summed E-state index contributed by atoms with van der Waals surface area (Å²) in [5.74, 6) is 0.0447. The van der Waals surface area contributed by atoms with Crippen LogP contribution in [0.3, 0.4) is 0 Å². The van der Waals surface area contributed by atoms with Crippen LogP contribution in [0, 0.1) is 5.82 Å². The predicted octanol–water partition coefficient (Wildman–Crippen LogP) is 2.37. The number of carbonyl (C=O) groups is 1. The number of aliphatic hydroxyl groups is 1. The number of anilines is 2. The van der Waals surface area contributed by atoms with Crippen LogP contribution in [-0.2, 0) is 0 Å². The quantitative estimate of drug-likeness (QED) is 0.815. The van der Waals surface area contributed by atoms with Gasteiger partial charge in [-0.3, -0.25) is 9.69 Å². The number of hydrogen-bond acceptors (Lipinski definition) is 5. The smallest absolute Gasteiger partial charge is 0.255 e. The van der Waals surface area contributed by atoms with Gasteiger partial charge in [0.1, 0.15) is 11.6 Å². The summed E-state index contributed by atoms with van der Waals surface area (Å²) in [6, 6.07) is 9.24. The van der Waals surface area contributed by atoms with Crippen molar-refractivity contribution < 1.29 is 14.3 Å². The number of carbonyl (C=O) groups excluding carboxylic acids is 1. The molecule has 0 spiro atoms. The van der Waals surface area contributed by atoms with Crippen molar-refractivity contribution in [2.75, 3.05) is 42.9 Å². The number of nitrogens with zero attached hydrogens (tertiary/aromatic N) is 3. The van der Waals surface area contributed by atoms with Crippen molar-refractivity contribution >= 4 is 17.4 Å². The number of benzene rings is 1. The van der Waals surface area contributed by atoms with Crippen LogP contribution in [0.1, 0.15) is 23.7 Å². The molecule has 7 heteroatoms.